The number of aryl methyl sites for hydroxylation is 1. The Bertz CT molecular complexity index is 1210. The van der Waals surface area contributed by atoms with Crippen molar-refractivity contribution in [3.05, 3.63) is 59.4 Å². The lowest BCUT2D eigenvalue weighted by molar-refractivity contribution is -0.152. The second-order valence-electron chi connectivity index (χ2n) is 8.62. The number of esters is 1. The lowest BCUT2D eigenvalue weighted by atomic mass is 9.97. The van der Waals surface area contributed by atoms with Crippen molar-refractivity contribution in [2.24, 2.45) is 5.92 Å². The predicted molar refractivity (Wildman–Crippen MR) is 133 cm³/mol. The number of pyridine rings is 1. The van der Waals surface area contributed by atoms with E-state index >= 15 is 0 Å². The molecular formula is C27H29ClN2O4. The summed E-state index contributed by atoms with van der Waals surface area (Å²) in [5.41, 5.74) is 3.23. The van der Waals surface area contributed by atoms with E-state index in [2.05, 4.69) is 24.0 Å². The van der Waals surface area contributed by atoms with Crippen LogP contribution in [0, 0.1) is 12.8 Å². The summed E-state index contributed by atoms with van der Waals surface area (Å²) in [6.45, 7) is 6.88. The van der Waals surface area contributed by atoms with Crippen LogP contribution >= 0.6 is 11.6 Å². The summed E-state index contributed by atoms with van der Waals surface area (Å²) in [4.78, 5) is 31.3. The number of nitrogens with zero attached hydrogens (tertiary/aromatic N) is 2. The molecule has 1 fully saturated rings. The molecule has 0 spiro atoms. The Hall–Kier alpha value is -3.12. The molecule has 1 saturated heterocycles. The van der Waals surface area contributed by atoms with Crippen LogP contribution in [0.15, 0.2) is 48.7 Å². The maximum absolute atomic E-state index is 13.0. The van der Waals surface area contributed by atoms with Crippen LogP contribution in [0.1, 0.15) is 32.3 Å². The zero-order chi connectivity index (χ0) is 24.2. The Kier molecular flexibility index (Phi) is 7.37. The van der Waals surface area contributed by atoms with Gasteiger partial charge in [-0.3, -0.25) is 9.59 Å². The van der Waals surface area contributed by atoms with Gasteiger partial charge >= 0.3 is 5.97 Å². The molecule has 1 aliphatic heterocycles. The predicted octanol–water partition coefficient (Wildman–Crippen LogP) is 5.43. The maximum Gasteiger partial charge on any atom is 0.310 e. The first-order valence-corrected chi connectivity index (χ1v) is 12.0. The van der Waals surface area contributed by atoms with Crippen LogP contribution < -0.4 is 4.74 Å². The van der Waals surface area contributed by atoms with Gasteiger partial charge in [-0.2, -0.15) is 0 Å². The normalized spacial score (nSPS) is 16.8. The van der Waals surface area contributed by atoms with Crippen molar-refractivity contribution in [1.29, 1.82) is 0 Å². The Balaban J connectivity index is 1.53. The van der Waals surface area contributed by atoms with Gasteiger partial charge in [0.15, 0.2) is 6.10 Å². The highest BCUT2D eigenvalue weighted by atomic mass is 35.5. The third kappa shape index (κ3) is 5.02. The number of hydrogen-bond acceptors (Lipinski definition) is 5. The zero-order valence-corrected chi connectivity index (χ0v) is 20.5. The minimum absolute atomic E-state index is 0.146. The fourth-order valence-electron chi connectivity index (χ4n) is 4.49. The average molecular weight is 481 g/mol. The van der Waals surface area contributed by atoms with Crippen molar-refractivity contribution >= 4 is 34.2 Å². The quantitative estimate of drug-likeness (QED) is 0.347. The summed E-state index contributed by atoms with van der Waals surface area (Å²) < 4.78 is 11.2. The Labute approximate surface area is 204 Å². The molecule has 1 aromatic heterocycles. The minimum atomic E-state index is -0.704. The summed E-state index contributed by atoms with van der Waals surface area (Å²) in [7, 11) is 0. The van der Waals surface area contributed by atoms with E-state index in [9.17, 15) is 9.59 Å². The number of amides is 1. The molecule has 2 aromatic carbocycles. The fraction of sp³-hybridized carbons (Fsp3) is 0.370. The molecule has 4 rings (SSSR count). The number of halogens is 1. The second kappa shape index (κ2) is 10.4. The Morgan fingerprint density at radius 1 is 1.18 bits per heavy atom. The number of carbonyl (C=O) groups is 2. The number of piperidine rings is 1. The molecule has 3 aromatic rings. The monoisotopic (exact) mass is 480 g/mol. The summed E-state index contributed by atoms with van der Waals surface area (Å²) in [5.74, 6) is -0.130. The van der Waals surface area contributed by atoms with Gasteiger partial charge in [0, 0.05) is 30.2 Å². The third-order valence-electron chi connectivity index (χ3n) is 6.26. The summed E-state index contributed by atoms with van der Waals surface area (Å²) in [6.07, 6.45) is 2.58. The van der Waals surface area contributed by atoms with Gasteiger partial charge in [-0.15, -0.1) is 0 Å². The zero-order valence-electron chi connectivity index (χ0n) is 19.7. The number of hydrogen-bond donors (Lipinski definition) is 0. The molecule has 0 unspecified atom stereocenters. The first-order chi connectivity index (χ1) is 16.4. The van der Waals surface area contributed by atoms with Crippen LogP contribution in [0.25, 0.3) is 21.9 Å². The average Bonchev–Trinajstić information content (AvgIpc) is 2.85. The van der Waals surface area contributed by atoms with E-state index < -0.39 is 6.10 Å². The van der Waals surface area contributed by atoms with E-state index in [1.807, 2.05) is 30.3 Å². The van der Waals surface area contributed by atoms with Crippen molar-refractivity contribution in [2.75, 3.05) is 19.7 Å². The van der Waals surface area contributed by atoms with E-state index in [0.29, 0.717) is 30.6 Å². The van der Waals surface area contributed by atoms with E-state index in [1.165, 1.54) is 0 Å². The molecular weight excluding hydrogens is 452 g/mol. The van der Waals surface area contributed by atoms with Crippen LogP contribution in [0.2, 0.25) is 5.15 Å². The number of benzene rings is 2. The topological polar surface area (TPSA) is 68.7 Å². The van der Waals surface area contributed by atoms with Gasteiger partial charge in [0.05, 0.1) is 12.5 Å². The number of rotatable bonds is 6. The van der Waals surface area contributed by atoms with Crippen molar-refractivity contribution in [2.45, 2.75) is 39.7 Å². The molecule has 0 bridgehead atoms. The third-order valence-corrected chi connectivity index (χ3v) is 6.56. The fourth-order valence-corrected chi connectivity index (χ4v) is 4.70. The van der Waals surface area contributed by atoms with Gasteiger partial charge < -0.3 is 14.4 Å². The minimum Gasteiger partial charge on any atom is -0.481 e. The van der Waals surface area contributed by atoms with E-state index in [0.717, 1.165) is 40.3 Å². The first-order valence-electron chi connectivity index (χ1n) is 11.7. The van der Waals surface area contributed by atoms with Crippen molar-refractivity contribution in [1.82, 2.24) is 9.88 Å². The highest BCUT2D eigenvalue weighted by Gasteiger charge is 2.32. The lowest BCUT2D eigenvalue weighted by Gasteiger charge is -2.33. The largest absolute Gasteiger partial charge is 0.481 e. The van der Waals surface area contributed by atoms with E-state index in [1.54, 1.807) is 24.9 Å². The molecule has 1 aliphatic rings. The molecule has 0 aliphatic carbocycles. The van der Waals surface area contributed by atoms with E-state index in [-0.39, 0.29) is 17.8 Å². The summed E-state index contributed by atoms with van der Waals surface area (Å²) in [5, 5.41) is 2.11. The maximum atomic E-state index is 13.0. The highest BCUT2D eigenvalue weighted by molar-refractivity contribution is 6.34. The van der Waals surface area contributed by atoms with Gasteiger partial charge in [0.25, 0.3) is 5.91 Å². The summed E-state index contributed by atoms with van der Waals surface area (Å²) in [6, 6.07) is 13.8. The van der Waals surface area contributed by atoms with Crippen LogP contribution in [0.4, 0.5) is 0 Å². The molecule has 2 atom stereocenters. The van der Waals surface area contributed by atoms with Crippen molar-refractivity contribution in [3.63, 3.8) is 0 Å². The number of carbonyl (C=O) groups excluding carboxylic acids is 2. The molecule has 2 heterocycles. The van der Waals surface area contributed by atoms with Crippen LogP contribution in [0.3, 0.4) is 0 Å². The molecule has 7 heteroatoms. The van der Waals surface area contributed by atoms with Gasteiger partial charge in [0.1, 0.15) is 10.9 Å². The number of fused-ring (bicyclic) bond motifs is 1. The van der Waals surface area contributed by atoms with Gasteiger partial charge in [-0.05, 0) is 68.3 Å². The lowest BCUT2D eigenvalue weighted by Crippen LogP contribution is -2.47. The van der Waals surface area contributed by atoms with Crippen molar-refractivity contribution < 1.29 is 19.1 Å². The molecule has 0 radical (unpaired) electrons. The smallest absolute Gasteiger partial charge is 0.310 e. The van der Waals surface area contributed by atoms with E-state index in [4.69, 9.17) is 21.1 Å². The number of aromatic nitrogens is 1. The van der Waals surface area contributed by atoms with Gasteiger partial charge in [0.2, 0.25) is 0 Å². The van der Waals surface area contributed by atoms with Crippen LogP contribution in [-0.4, -0.2) is 47.6 Å². The SMILES string of the molecule is CCOC(=O)[C@H]1CCCN(C(=O)[C@@H](C)Oc2ccc3c(-c4ccccc4C)cnc(Cl)c3c2)C1. The Morgan fingerprint density at radius 3 is 2.74 bits per heavy atom. The van der Waals surface area contributed by atoms with Gasteiger partial charge in [-0.1, -0.05) is 35.9 Å². The van der Waals surface area contributed by atoms with Crippen molar-refractivity contribution in [3.8, 4) is 16.9 Å². The molecule has 34 heavy (non-hydrogen) atoms. The van der Waals surface area contributed by atoms with Gasteiger partial charge in [-0.25, -0.2) is 4.98 Å². The number of ether oxygens (including phenoxy) is 2. The molecule has 6 nitrogen and oxygen atoms in total. The molecule has 0 saturated carbocycles. The summed E-state index contributed by atoms with van der Waals surface area (Å²) >= 11 is 6.43. The van der Waals surface area contributed by atoms with Crippen LogP contribution in [0.5, 0.6) is 5.75 Å². The molecule has 1 amide bonds. The Morgan fingerprint density at radius 2 is 1.97 bits per heavy atom. The molecule has 0 N–H and O–H groups in total. The highest BCUT2D eigenvalue weighted by Crippen LogP contribution is 2.35. The second-order valence-corrected chi connectivity index (χ2v) is 8.98. The van der Waals surface area contributed by atoms with Crippen LogP contribution in [-0.2, 0) is 14.3 Å². The first kappa shape index (κ1) is 24.0. The number of likely N-dealkylation sites (tertiary alicyclic amines) is 1. The molecule has 178 valence electrons. The standard InChI is InChI=1S/C27H29ClN2O4/c1-4-33-27(32)19-9-7-13-30(16-19)26(31)18(3)34-20-11-12-22-23(14-20)25(28)29-15-24(22)21-10-6-5-8-17(21)2/h5-6,8,10-12,14-15,18-19H,4,7,9,13,16H2,1-3H3/t18-,19+/m1/s1.